The van der Waals surface area contributed by atoms with E-state index < -0.39 is 12.1 Å². The summed E-state index contributed by atoms with van der Waals surface area (Å²) in [7, 11) is 1.33. The number of hydrogen-bond acceptors (Lipinski definition) is 6. The fraction of sp³-hybridized carbons (Fsp3) is 0.261. The van der Waals surface area contributed by atoms with Crippen LogP contribution in [0, 0.1) is 0 Å². The first-order chi connectivity index (χ1) is 15.5. The molecule has 164 valence electrons. The van der Waals surface area contributed by atoms with Gasteiger partial charge >= 0.3 is 17.2 Å². The molecule has 0 fully saturated rings. The normalized spacial score (nSPS) is 14.5. The number of carbonyl (C=O) groups is 2. The Kier molecular flexibility index (Phi) is 6.09. The Hall–Kier alpha value is -3.46. The van der Waals surface area contributed by atoms with Gasteiger partial charge in [-0.1, -0.05) is 30.8 Å². The second kappa shape index (κ2) is 8.96. The lowest BCUT2D eigenvalue weighted by Gasteiger charge is -2.32. The summed E-state index contributed by atoms with van der Waals surface area (Å²) in [5, 5.41) is 5.10. The maximum absolute atomic E-state index is 13.3. The zero-order valence-corrected chi connectivity index (χ0v) is 18.8. The SMILES string of the molecule is CCCC(=O)N1c2ccccc2-c2c(=O)[nH]c(SC)n[n+]2[C@@H]1c1ccc(C(=O)OC)cc1. The lowest BCUT2D eigenvalue weighted by atomic mass is 10.00. The Labute approximate surface area is 189 Å². The molecule has 4 rings (SSSR count). The lowest BCUT2D eigenvalue weighted by molar-refractivity contribution is -0.763. The molecular weight excluding hydrogens is 428 g/mol. The van der Waals surface area contributed by atoms with E-state index in [1.807, 2.05) is 37.4 Å². The molecule has 1 atom stereocenters. The number of anilines is 1. The van der Waals surface area contributed by atoms with Crippen LogP contribution >= 0.6 is 11.8 Å². The zero-order valence-electron chi connectivity index (χ0n) is 18.0. The van der Waals surface area contributed by atoms with Crippen LogP contribution < -0.4 is 15.1 Å². The molecule has 0 aliphatic carbocycles. The fourth-order valence-corrected chi connectivity index (χ4v) is 4.24. The van der Waals surface area contributed by atoms with E-state index >= 15 is 0 Å². The molecule has 0 bridgehead atoms. The van der Waals surface area contributed by atoms with Crippen molar-refractivity contribution in [2.75, 3.05) is 18.3 Å². The van der Waals surface area contributed by atoms with Crippen molar-refractivity contribution < 1.29 is 19.0 Å². The number of amides is 1. The van der Waals surface area contributed by atoms with Gasteiger partial charge in [-0.15, -0.1) is 0 Å². The van der Waals surface area contributed by atoms with Gasteiger partial charge in [0.2, 0.25) is 11.1 Å². The summed E-state index contributed by atoms with van der Waals surface area (Å²) < 4.78 is 6.40. The molecular formula is C23H23N4O4S+. The minimum Gasteiger partial charge on any atom is -0.465 e. The Bertz CT molecular complexity index is 1240. The summed E-state index contributed by atoms with van der Waals surface area (Å²) in [5.41, 5.74) is 2.50. The van der Waals surface area contributed by atoms with E-state index in [-0.39, 0.29) is 11.5 Å². The molecule has 8 nitrogen and oxygen atoms in total. The van der Waals surface area contributed by atoms with E-state index in [0.29, 0.717) is 46.1 Å². The number of methoxy groups -OCH3 is 1. The van der Waals surface area contributed by atoms with Crippen molar-refractivity contribution in [1.82, 2.24) is 10.1 Å². The minimum absolute atomic E-state index is 0.0760. The molecule has 3 aromatic rings. The van der Waals surface area contributed by atoms with E-state index in [2.05, 4.69) is 10.1 Å². The molecule has 1 aliphatic heterocycles. The lowest BCUT2D eigenvalue weighted by Crippen LogP contribution is -2.60. The molecule has 2 heterocycles. The van der Waals surface area contributed by atoms with E-state index in [1.54, 1.807) is 33.8 Å². The van der Waals surface area contributed by atoms with E-state index in [1.165, 1.54) is 18.9 Å². The molecule has 0 spiro atoms. The average molecular weight is 452 g/mol. The van der Waals surface area contributed by atoms with Gasteiger partial charge in [-0.2, -0.15) is 0 Å². The molecule has 0 saturated heterocycles. The van der Waals surface area contributed by atoms with Gasteiger partial charge in [-0.25, -0.2) is 9.69 Å². The van der Waals surface area contributed by atoms with Crippen LogP contribution in [-0.2, 0) is 9.53 Å². The summed E-state index contributed by atoms with van der Waals surface area (Å²) in [4.78, 5) is 42.8. The smallest absolute Gasteiger partial charge is 0.337 e. The quantitative estimate of drug-likeness (QED) is 0.364. The van der Waals surface area contributed by atoms with Crippen LogP contribution in [0.3, 0.4) is 0 Å². The maximum atomic E-state index is 13.3. The number of fused-ring (bicyclic) bond motifs is 3. The van der Waals surface area contributed by atoms with Crippen molar-refractivity contribution in [2.45, 2.75) is 31.1 Å². The third-order valence-electron chi connectivity index (χ3n) is 5.31. The first-order valence-corrected chi connectivity index (χ1v) is 11.4. The molecule has 1 amide bonds. The predicted molar refractivity (Wildman–Crippen MR) is 121 cm³/mol. The number of hydrogen-bond donors (Lipinski definition) is 1. The summed E-state index contributed by atoms with van der Waals surface area (Å²) in [5.74, 6) is -0.523. The Morgan fingerprint density at radius 2 is 1.91 bits per heavy atom. The van der Waals surface area contributed by atoms with Crippen LogP contribution in [-0.4, -0.2) is 35.3 Å². The summed E-state index contributed by atoms with van der Waals surface area (Å²) in [6, 6.07) is 14.1. The Morgan fingerprint density at radius 1 is 1.19 bits per heavy atom. The van der Waals surface area contributed by atoms with Crippen molar-refractivity contribution in [3.05, 3.63) is 70.0 Å². The molecule has 2 aromatic carbocycles. The van der Waals surface area contributed by atoms with Gasteiger partial charge in [0.25, 0.3) is 6.17 Å². The number of aromatic amines is 1. The Morgan fingerprint density at radius 3 is 2.56 bits per heavy atom. The molecule has 0 unspecified atom stereocenters. The standard InChI is InChI=1S/C23H22N4O4S/c1-4-7-18(28)26-17-9-6-5-8-16(17)19-20(29)24-23(32-3)25-27(19)21(26)14-10-12-15(13-11-14)22(30)31-2/h5-6,8-13,21H,4,7H2,1-3H3/p+1/t21-/m1/s1. The molecule has 1 aliphatic rings. The van der Waals surface area contributed by atoms with Gasteiger partial charge in [0.1, 0.15) is 0 Å². The number of rotatable bonds is 5. The predicted octanol–water partition coefficient (Wildman–Crippen LogP) is 2.93. The average Bonchev–Trinajstić information content (AvgIpc) is 2.82. The highest BCUT2D eigenvalue weighted by Crippen LogP contribution is 2.37. The van der Waals surface area contributed by atoms with Crippen molar-refractivity contribution in [3.63, 3.8) is 0 Å². The number of aromatic nitrogens is 3. The third-order valence-corrected chi connectivity index (χ3v) is 5.88. The van der Waals surface area contributed by atoms with Crippen LogP contribution in [0.4, 0.5) is 5.69 Å². The van der Waals surface area contributed by atoms with Crippen LogP contribution in [0.2, 0.25) is 0 Å². The third kappa shape index (κ3) is 3.69. The molecule has 9 heteroatoms. The second-order valence-corrected chi connectivity index (χ2v) is 8.07. The molecule has 0 radical (unpaired) electrons. The van der Waals surface area contributed by atoms with E-state index in [4.69, 9.17) is 4.74 Å². The summed E-state index contributed by atoms with van der Waals surface area (Å²) >= 11 is 1.31. The number of ether oxygens (including phenoxy) is 1. The number of nitrogens with zero attached hydrogens (tertiary/aromatic N) is 3. The van der Waals surface area contributed by atoms with Gasteiger partial charge in [-0.3, -0.25) is 14.6 Å². The fourth-order valence-electron chi connectivity index (χ4n) is 3.88. The van der Waals surface area contributed by atoms with E-state index in [9.17, 15) is 14.4 Å². The number of para-hydroxylation sites is 1. The van der Waals surface area contributed by atoms with Crippen molar-refractivity contribution in [3.8, 4) is 11.3 Å². The maximum Gasteiger partial charge on any atom is 0.337 e. The Balaban J connectivity index is 1.99. The highest BCUT2D eigenvalue weighted by molar-refractivity contribution is 7.98. The van der Waals surface area contributed by atoms with Crippen LogP contribution in [0.15, 0.2) is 58.5 Å². The number of nitrogens with one attached hydrogen (secondary N) is 1. The van der Waals surface area contributed by atoms with E-state index in [0.717, 1.165) is 0 Å². The summed E-state index contributed by atoms with van der Waals surface area (Å²) in [6.07, 6.45) is 2.17. The number of thioether (sulfide) groups is 1. The van der Waals surface area contributed by atoms with Gasteiger partial charge in [-0.05, 0) is 53.8 Å². The van der Waals surface area contributed by atoms with Crippen molar-refractivity contribution >= 4 is 29.3 Å². The van der Waals surface area contributed by atoms with Crippen molar-refractivity contribution in [1.29, 1.82) is 0 Å². The zero-order chi connectivity index (χ0) is 22.8. The second-order valence-electron chi connectivity index (χ2n) is 7.27. The summed E-state index contributed by atoms with van der Waals surface area (Å²) in [6.45, 7) is 1.95. The molecule has 1 aromatic heterocycles. The molecule has 1 N–H and O–H groups in total. The van der Waals surface area contributed by atoms with Crippen LogP contribution in [0.25, 0.3) is 11.3 Å². The minimum atomic E-state index is -0.682. The first kappa shape index (κ1) is 21.8. The van der Waals surface area contributed by atoms with Gasteiger partial charge in [0.15, 0.2) is 0 Å². The molecule has 32 heavy (non-hydrogen) atoms. The monoisotopic (exact) mass is 451 g/mol. The van der Waals surface area contributed by atoms with Crippen molar-refractivity contribution in [2.24, 2.45) is 0 Å². The van der Waals surface area contributed by atoms with Gasteiger partial charge < -0.3 is 4.74 Å². The first-order valence-electron chi connectivity index (χ1n) is 10.2. The highest BCUT2D eigenvalue weighted by Gasteiger charge is 2.45. The van der Waals surface area contributed by atoms with Crippen LogP contribution in [0.5, 0.6) is 0 Å². The number of H-pyrrole nitrogens is 1. The van der Waals surface area contributed by atoms with Gasteiger partial charge in [0, 0.05) is 17.1 Å². The molecule has 0 saturated carbocycles. The highest BCUT2D eigenvalue weighted by atomic mass is 32.2. The topological polar surface area (TPSA) is 96.2 Å². The van der Waals surface area contributed by atoms with Crippen LogP contribution in [0.1, 0.15) is 41.9 Å². The number of carbonyl (C=O) groups excluding carboxylic acids is 2. The van der Waals surface area contributed by atoms with Gasteiger partial charge in [0.05, 0.1) is 23.9 Å². The number of benzene rings is 2. The largest absolute Gasteiger partial charge is 0.465 e. The number of esters is 1.